The maximum atomic E-state index is 12.8. The molecule has 3 rings (SSSR count). The van der Waals surface area contributed by atoms with Crippen LogP contribution in [0.1, 0.15) is 36.6 Å². The highest BCUT2D eigenvalue weighted by Gasteiger charge is 2.17. The van der Waals surface area contributed by atoms with Gasteiger partial charge >= 0.3 is 5.97 Å². The Morgan fingerprint density at radius 3 is 2.13 bits per heavy atom. The lowest BCUT2D eigenvalue weighted by molar-refractivity contribution is 0.0697. The summed E-state index contributed by atoms with van der Waals surface area (Å²) in [5.41, 5.74) is 0.334. The van der Waals surface area contributed by atoms with Gasteiger partial charge in [-0.05, 0) is 42.5 Å². The van der Waals surface area contributed by atoms with E-state index in [1.165, 1.54) is 66.7 Å². The fourth-order valence-electron chi connectivity index (χ4n) is 2.83. The predicted molar refractivity (Wildman–Crippen MR) is 116 cm³/mol. The number of nitrogens with one attached hydrogen (secondary N) is 1. The number of hydrogen-bond donors (Lipinski definition) is 2. The largest absolute Gasteiger partial charge is 0.478 e. The maximum Gasteiger partial charge on any atom is 0.337 e. The van der Waals surface area contributed by atoms with Crippen LogP contribution in [0.2, 0.25) is 5.02 Å². The molecule has 0 unspecified atom stereocenters. The Balaban J connectivity index is 1.90. The van der Waals surface area contributed by atoms with Crippen LogP contribution in [0, 0.1) is 0 Å². The first kappa shape index (κ1) is 22.2. The number of anilines is 1. The first-order valence-electron chi connectivity index (χ1n) is 8.85. The van der Waals surface area contributed by atoms with Gasteiger partial charge in [-0.1, -0.05) is 35.9 Å². The molecule has 0 atom stereocenters. The minimum absolute atomic E-state index is 0.0104. The molecular weight excluding hydrogens is 442 g/mol. The molecule has 1 amide bonds. The van der Waals surface area contributed by atoms with Crippen LogP contribution >= 0.6 is 11.6 Å². The van der Waals surface area contributed by atoms with E-state index in [0.29, 0.717) is 0 Å². The second kappa shape index (κ2) is 8.71. The quantitative estimate of drug-likeness (QED) is 0.541. The van der Waals surface area contributed by atoms with Crippen LogP contribution in [-0.4, -0.2) is 37.4 Å². The van der Waals surface area contributed by atoms with Crippen molar-refractivity contribution in [2.45, 2.75) is 4.90 Å². The zero-order valence-electron chi connectivity index (χ0n) is 16.1. The van der Waals surface area contributed by atoms with E-state index < -0.39 is 27.5 Å². The smallest absolute Gasteiger partial charge is 0.337 e. The average molecular weight is 458 g/mol. The third-order valence-corrected chi connectivity index (χ3v) is 5.72. The SMILES string of the molecule is CS(=O)(=O)c1cccc(C(=O)c2cccc(C(=O)Nc3ccc(Cl)cc3C(=O)O)c2)c1. The number of carbonyl (C=O) groups is 3. The Morgan fingerprint density at radius 1 is 0.871 bits per heavy atom. The van der Waals surface area contributed by atoms with E-state index in [0.717, 1.165) is 6.26 Å². The maximum absolute atomic E-state index is 12.8. The van der Waals surface area contributed by atoms with Gasteiger partial charge in [0.25, 0.3) is 5.91 Å². The number of amides is 1. The lowest BCUT2D eigenvalue weighted by atomic mass is 10.0. The molecule has 0 saturated carbocycles. The van der Waals surface area contributed by atoms with Gasteiger partial charge in [-0.3, -0.25) is 9.59 Å². The van der Waals surface area contributed by atoms with Gasteiger partial charge < -0.3 is 10.4 Å². The summed E-state index contributed by atoms with van der Waals surface area (Å²) in [6.45, 7) is 0. The van der Waals surface area contributed by atoms with Gasteiger partial charge in [0.2, 0.25) is 0 Å². The van der Waals surface area contributed by atoms with Crippen molar-refractivity contribution in [1.82, 2.24) is 0 Å². The Labute approximate surface area is 183 Å². The van der Waals surface area contributed by atoms with Crippen molar-refractivity contribution in [1.29, 1.82) is 0 Å². The fourth-order valence-corrected chi connectivity index (χ4v) is 3.67. The molecule has 3 aromatic carbocycles. The van der Waals surface area contributed by atoms with Gasteiger partial charge in [0.15, 0.2) is 15.6 Å². The molecule has 0 heterocycles. The first-order chi connectivity index (χ1) is 14.6. The highest BCUT2D eigenvalue weighted by Crippen LogP contribution is 2.22. The molecule has 3 aromatic rings. The van der Waals surface area contributed by atoms with Crippen molar-refractivity contribution < 1.29 is 27.9 Å². The van der Waals surface area contributed by atoms with E-state index in [1.807, 2.05) is 0 Å². The number of benzene rings is 3. The third-order valence-electron chi connectivity index (χ3n) is 4.37. The van der Waals surface area contributed by atoms with E-state index >= 15 is 0 Å². The zero-order valence-corrected chi connectivity index (χ0v) is 17.7. The highest BCUT2D eigenvalue weighted by molar-refractivity contribution is 7.90. The second-order valence-electron chi connectivity index (χ2n) is 6.66. The van der Waals surface area contributed by atoms with E-state index in [-0.39, 0.29) is 37.9 Å². The topological polar surface area (TPSA) is 118 Å². The van der Waals surface area contributed by atoms with Crippen molar-refractivity contribution >= 4 is 44.8 Å². The van der Waals surface area contributed by atoms with Crippen molar-refractivity contribution in [3.63, 3.8) is 0 Å². The molecule has 7 nitrogen and oxygen atoms in total. The molecule has 0 aliphatic heterocycles. The molecule has 0 aliphatic rings. The summed E-state index contributed by atoms with van der Waals surface area (Å²) < 4.78 is 23.5. The number of carbonyl (C=O) groups excluding carboxylic acids is 2. The summed E-state index contributed by atoms with van der Waals surface area (Å²) >= 11 is 5.82. The standard InChI is InChI=1S/C22H16ClNO6S/c1-31(29,30)17-7-3-5-14(11-17)20(25)13-4-2-6-15(10-13)21(26)24-19-9-8-16(23)12-18(19)22(27)28/h2-12H,1H3,(H,24,26)(H,27,28). The summed E-state index contributed by atoms with van der Waals surface area (Å²) in [7, 11) is -3.49. The molecule has 0 aromatic heterocycles. The minimum Gasteiger partial charge on any atom is -0.478 e. The summed E-state index contributed by atoms with van der Waals surface area (Å²) in [4.78, 5) is 36.9. The fraction of sp³-hybridized carbons (Fsp3) is 0.0455. The number of halogens is 1. The highest BCUT2D eigenvalue weighted by atomic mass is 35.5. The van der Waals surface area contributed by atoms with E-state index in [2.05, 4.69) is 5.32 Å². The summed E-state index contributed by atoms with van der Waals surface area (Å²) in [6, 6.07) is 15.5. The molecule has 158 valence electrons. The van der Waals surface area contributed by atoms with Gasteiger partial charge in [0.05, 0.1) is 16.1 Å². The molecule has 0 radical (unpaired) electrons. The van der Waals surface area contributed by atoms with Crippen LogP contribution in [-0.2, 0) is 9.84 Å². The number of sulfone groups is 1. The Kier molecular flexibility index (Phi) is 6.24. The van der Waals surface area contributed by atoms with Crippen LogP contribution in [0.15, 0.2) is 71.6 Å². The normalized spacial score (nSPS) is 11.0. The van der Waals surface area contributed by atoms with Gasteiger partial charge in [0, 0.05) is 28.0 Å². The summed E-state index contributed by atoms with van der Waals surface area (Å²) in [5.74, 6) is -2.34. The van der Waals surface area contributed by atoms with Gasteiger partial charge in [-0.2, -0.15) is 0 Å². The van der Waals surface area contributed by atoms with Gasteiger partial charge in [0.1, 0.15) is 0 Å². The van der Waals surface area contributed by atoms with Crippen molar-refractivity contribution in [3.05, 3.63) is 94.0 Å². The first-order valence-corrected chi connectivity index (χ1v) is 11.1. The molecule has 31 heavy (non-hydrogen) atoms. The molecule has 9 heteroatoms. The third kappa shape index (κ3) is 5.17. The second-order valence-corrected chi connectivity index (χ2v) is 9.11. The predicted octanol–water partition coefficient (Wildman–Crippen LogP) is 3.93. The lowest BCUT2D eigenvalue weighted by Crippen LogP contribution is -2.15. The monoisotopic (exact) mass is 457 g/mol. The van der Waals surface area contributed by atoms with Crippen LogP contribution in [0.5, 0.6) is 0 Å². The molecule has 2 N–H and O–H groups in total. The average Bonchev–Trinajstić information content (AvgIpc) is 2.74. The van der Waals surface area contributed by atoms with E-state index in [9.17, 15) is 27.9 Å². The summed E-state index contributed by atoms with van der Waals surface area (Å²) in [6.07, 6.45) is 1.05. The Bertz CT molecular complexity index is 1320. The summed E-state index contributed by atoms with van der Waals surface area (Å²) in [5, 5.41) is 12.0. The molecule has 0 spiro atoms. The number of aromatic carboxylic acids is 1. The number of carboxylic acids is 1. The van der Waals surface area contributed by atoms with Crippen molar-refractivity contribution in [2.24, 2.45) is 0 Å². The van der Waals surface area contributed by atoms with Gasteiger partial charge in [-0.25, -0.2) is 13.2 Å². The number of hydrogen-bond acceptors (Lipinski definition) is 5. The molecule has 0 saturated heterocycles. The number of rotatable bonds is 6. The Morgan fingerprint density at radius 2 is 1.48 bits per heavy atom. The van der Waals surface area contributed by atoms with Gasteiger partial charge in [-0.15, -0.1) is 0 Å². The molecule has 0 bridgehead atoms. The molecular formula is C22H16ClNO6S. The number of carboxylic acid groups (broad SMARTS) is 1. The molecule has 0 aliphatic carbocycles. The van der Waals surface area contributed by atoms with Crippen LogP contribution < -0.4 is 5.32 Å². The van der Waals surface area contributed by atoms with Crippen LogP contribution in [0.4, 0.5) is 5.69 Å². The van der Waals surface area contributed by atoms with E-state index in [4.69, 9.17) is 11.6 Å². The van der Waals surface area contributed by atoms with E-state index in [1.54, 1.807) is 0 Å². The Hall–Kier alpha value is -3.49. The van der Waals surface area contributed by atoms with Crippen LogP contribution in [0.3, 0.4) is 0 Å². The van der Waals surface area contributed by atoms with Crippen molar-refractivity contribution in [3.8, 4) is 0 Å². The zero-order chi connectivity index (χ0) is 22.8. The van der Waals surface area contributed by atoms with Crippen molar-refractivity contribution in [2.75, 3.05) is 11.6 Å². The minimum atomic E-state index is -3.49. The number of ketones is 1. The molecule has 0 fully saturated rings. The lowest BCUT2D eigenvalue weighted by Gasteiger charge is -2.10. The van der Waals surface area contributed by atoms with Crippen LogP contribution in [0.25, 0.3) is 0 Å².